The van der Waals surface area contributed by atoms with Crippen LogP contribution in [0.3, 0.4) is 0 Å². The van der Waals surface area contributed by atoms with E-state index in [4.69, 9.17) is 23.2 Å². The molecule has 0 saturated heterocycles. The first-order valence-corrected chi connectivity index (χ1v) is 6.03. The number of hydrogen-bond acceptors (Lipinski definition) is 3. The van der Waals surface area contributed by atoms with Crippen LogP contribution in [-0.2, 0) is 0 Å². The van der Waals surface area contributed by atoms with Crippen molar-refractivity contribution in [1.82, 2.24) is 4.37 Å². The number of para-hydroxylation sites is 1. The highest BCUT2D eigenvalue weighted by molar-refractivity contribution is 7.08. The third-order valence-corrected chi connectivity index (χ3v) is 3.80. The molecule has 2 nitrogen and oxygen atoms in total. The molecule has 16 heavy (non-hydrogen) atoms. The highest BCUT2D eigenvalue weighted by atomic mass is 35.5. The first-order valence-electron chi connectivity index (χ1n) is 4.50. The average Bonchev–Trinajstić information content (AvgIpc) is 2.61. The summed E-state index contributed by atoms with van der Waals surface area (Å²) in [5.41, 5.74) is 1.65. The topological polar surface area (TPSA) is 24.9 Å². The smallest absolute Gasteiger partial charge is 0.162 e. The lowest BCUT2D eigenvalue weighted by Crippen LogP contribution is -1.95. The van der Waals surface area contributed by atoms with Gasteiger partial charge < -0.3 is 5.32 Å². The van der Waals surface area contributed by atoms with E-state index in [0.717, 1.165) is 10.6 Å². The summed E-state index contributed by atoms with van der Waals surface area (Å²) >= 11 is 13.0. The summed E-state index contributed by atoms with van der Waals surface area (Å²) in [7, 11) is 0. The SMILES string of the molecule is C=C(Nc1ccccc1)c1snc(Cl)c1Cl. The Kier molecular flexibility index (Phi) is 3.49. The van der Waals surface area contributed by atoms with Crippen LogP contribution in [0.15, 0.2) is 36.9 Å². The number of anilines is 1. The molecule has 1 aromatic carbocycles. The van der Waals surface area contributed by atoms with Gasteiger partial charge in [-0.25, -0.2) is 0 Å². The van der Waals surface area contributed by atoms with Crippen LogP contribution in [-0.4, -0.2) is 4.37 Å². The van der Waals surface area contributed by atoms with Crippen molar-refractivity contribution in [3.63, 3.8) is 0 Å². The molecule has 0 atom stereocenters. The van der Waals surface area contributed by atoms with E-state index in [1.54, 1.807) is 0 Å². The van der Waals surface area contributed by atoms with Gasteiger partial charge in [0, 0.05) is 5.69 Å². The first-order chi connectivity index (χ1) is 7.68. The fraction of sp³-hybridized carbons (Fsp3) is 0. The Bertz CT molecular complexity index is 508. The molecule has 2 rings (SSSR count). The van der Waals surface area contributed by atoms with Gasteiger partial charge in [-0.3, -0.25) is 0 Å². The molecule has 0 radical (unpaired) electrons. The van der Waals surface area contributed by atoms with Gasteiger partial charge in [-0.1, -0.05) is 48.0 Å². The number of nitrogens with zero attached hydrogens (tertiary/aromatic N) is 1. The molecule has 1 N–H and O–H groups in total. The number of halogens is 2. The minimum Gasteiger partial charge on any atom is -0.355 e. The maximum Gasteiger partial charge on any atom is 0.162 e. The van der Waals surface area contributed by atoms with Crippen LogP contribution in [0.4, 0.5) is 5.69 Å². The summed E-state index contributed by atoms with van der Waals surface area (Å²) in [6.07, 6.45) is 0. The Morgan fingerprint density at radius 2 is 1.94 bits per heavy atom. The van der Waals surface area contributed by atoms with E-state index in [1.165, 1.54) is 11.5 Å². The van der Waals surface area contributed by atoms with Gasteiger partial charge in [0.25, 0.3) is 0 Å². The molecule has 0 fully saturated rings. The molecule has 0 bridgehead atoms. The van der Waals surface area contributed by atoms with Crippen molar-refractivity contribution < 1.29 is 0 Å². The maximum absolute atomic E-state index is 5.99. The minimum atomic E-state index is 0.317. The van der Waals surface area contributed by atoms with Gasteiger partial charge >= 0.3 is 0 Å². The minimum absolute atomic E-state index is 0.317. The van der Waals surface area contributed by atoms with Crippen LogP contribution in [0.2, 0.25) is 10.2 Å². The fourth-order valence-electron chi connectivity index (χ4n) is 1.20. The molecular weight excluding hydrogens is 263 g/mol. The van der Waals surface area contributed by atoms with Crippen LogP contribution in [0.25, 0.3) is 5.70 Å². The molecule has 82 valence electrons. The van der Waals surface area contributed by atoms with Crippen molar-refractivity contribution in [3.05, 3.63) is 52.0 Å². The summed E-state index contributed by atoms with van der Waals surface area (Å²) in [5.74, 6) is 0. The highest BCUT2D eigenvalue weighted by Crippen LogP contribution is 2.33. The third kappa shape index (κ3) is 2.38. The van der Waals surface area contributed by atoms with E-state index in [1.807, 2.05) is 30.3 Å². The standard InChI is InChI=1S/C11H8Cl2N2S/c1-7(10-9(12)11(13)15-16-10)14-8-5-3-2-4-6-8/h2-6,14H,1H2. The molecular formula is C11H8Cl2N2S. The summed E-state index contributed by atoms with van der Waals surface area (Å²) in [6.45, 7) is 3.91. The second kappa shape index (κ2) is 4.87. The number of rotatable bonds is 3. The van der Waals surface area contributed by atoms with E-state index in [9.17, 15) is 0 Å². The molecule has 0 unspecified atom stereocenters. The van der Waals surface area contributed by atoms with Crippen molar-refractivity contribution in [2.75, 3.05) is 5.32 Å². The predicted octanol–water partition coefficient (Wildman–Crippen LogP) is 4.53. The second-order valence-corrected chi connectivity index (χ2v) is 4.60. The Hall–Kier alpha value is -1.03. The van der Waals surface area contributed by atoms with Crippen LogP contribution in [0.1, 0.15) is 4.88 Å². The van der Waals surface area contributed by atoms with E-state index in [2.05, 4.69) is 16.3 Å². The Morgan fingerprint density at radius 3 is 2.50 bits per heavy atom. The van der Waals surface area contributed by atoms with Crippen molar-refractivity contribution >= 4 is 46.1 Å². The van der Waals surface area contributed by atoms with Crippen LogP contribution >= 0.6 is 34.7 Å². The lowest BCUT2D eigenvalue weighted by atomic mass is 10.3. The van der Waals surface area contributed by atoms with E-state index < -0.39 is 0 Å². The quantitative estimate of drug-likeness (QED) is 0.886. The molecule has 0 saturated carbocycles. The third-order valence-electron chi connectivity index (χ3n) is 1.94. The van der Waals surface area contributed by atoms with Crippen molar-refractivity contribution in [2.24, 2.45) is 0 Å². The number of aromatic nitrogens is 1. The first kappa shape index (κ1) is 11.5. The van der Waals surface area contributed by atoms with Gasteiger partial charge in [0.2, 0.25) is 0 Å². The Morgan fingerprint density at radius 1 is 1.25 bits per heavy atom. The second-order valence-electron chi connectivity index (χ2n) is 3.09. The van der Waals surface area contributed by atoms with Gasteiger partial charge in [0.05, 0.1) is 15.6 Å². The molecule has 1 aromatic heterocycles. The van der Waals surface area contributed by atoms with Gasteiger partial charge in [0.15, 0.2) is 5.15 Å². The number of nitrogens with one attached hydrogen (secondary N) is 1. The molecule has 0 aliphatic heterocycles. The molecule has 2 aromatic rings. The van der Waals surface area contributed by atoms with Crippen LogP contribution in [0.5, 0.6) is 0 Å². The summed E-state index contributed by atoms with van der Waals surface area (Å²) in [6, 6.07) is 9.72. The lowest BCUT2D eigenvalue weighted by molar-refractivity contribution is 1.57. The van der Waals surface area contributed by atoms with Gasteiger partial charge in [-0.2, -0.15) is 4.37 Å². The molecule has 0 aliphatic carbocycles. The van der Waals surface area contributed by atoms with Gasteiger partial charge in [0.1, 0.15) is 0 Å². The summed E-state index contributed by atoms with van der Waals surface area (Å²) in [5, 5.41) is 3.91. The van der Waals surface area contributed by atoms with Gasteiger partial charge in [-0.15, -0.1) is 0 Å². The lowest BCUT2D eigenvalue weighted by Gasteiger charge is -2.07. The molecule has 5 heteroatoms. The largest absolute Gasteiger partial charge is 0.355 e. The van der Waals surface area contributed by atoms with Crippen LogP contribution < -0.4 is 5.32 Å². The zero-order valence-electron chi connectivity index (χ0n) is 8.21. The number of hydrogen-bond donors (Lipinski definition) is 1. The van der Waals surface area contributed by atoms with E-state index >= 15 is 0 Å². The number of benzene rings is 1. The summed E-state index contributed by atoms with van der Waals surface area (Å²) < 4.78 is 3.95. The van der Waals surface area contributed by atoms with E-state index in [-0.39, 0.29) is 0 Å². The predicted molar refractivity (Wildman–Crippen MR) is 71.2 cm³/mol. The monoisotopic (exact) mass is 270 g/mol. The molecule has 0 spiro atoms. The molecule has 0 amide bonds. The summed E-state index contributed by atoms with van der Waals surface area (Å²) in [4.78, 5) is 0.760. The zero-order chi connectivity index (χ0) is 11.5. The highest BCUT2D eigenvalue weighted by Gasteiger charge is 2.12. The maximum atomic E-state index is 5.99. The molecule has 1 heterocycles. The van der Waals surface area contributed by atoms with E-state index in [0.29, 0.717) is 15.9 Å². The Labute approximate surface area is 108 Å². The molecule has 0 aliphatic rings. The normalized spacial score (nSPS) is 10.1. The zero-order valence-corrected chi connectivity index (χ0v) is 10.5. The van der Waals surface area contributed by atoms with Gasteiger partial charge in [-0.05, 0) is 23.7 Å². The Balaban J connectivity index is 2.18. The van der Waals surface area contributed by atoms with Crippen molar-refractivity contribution in [3.8, 4) is 0 Å². The fourth-order valence-corrected chi connectivity index (χ4v) is 2.36. The van der Waals surface area contributed by atoms with Crippen molar-refractivity contribution in [2.45, 2.75) is 0 Å². The van der Waals surface area contributed by atoms with Crippen LogP contribution in [0, 0.1) is 0 Å². The average molecular weight is 271 g/mol. The van der Waals surface area contributed by atoms with Crippen molar-refractivity contribution in [1.29, 1.82) is 0 Å².